The summed E-state index contributed by atoms with van der Waals surface area (Å²) in [7, 11) is 1.63. The summed E-state index contributed by atoms with van der Waals surface area (Å²) < 4.78 is 5.37. The van der Waals surface area contributed by atoms with Gasteiger partial charge in [-0.25, -0.2) is 0 Å². The van der Waals surface area contributed by atoms with Crippen LogP contribution in [-0.2, 0) is 6.54 Å². The van der Waals surface area contributed by atoms with Gasteiger partial charge in [-0.05, 0) is 37.1 Å². The summed E-state index contributed by atoms with van der Waals surface area (Å²) in [5.74, 6) is 0.748. The van der Waals surface area contributed by atoms with E-state index in [0.717, 1.165) is 13.1 Å². The maximum Gasteiger partial charge on any atom is 0.130 e. The third-order valence-corrected chi connectivity index (χ3v) is 4.44. The molecule has 0 bridgehead atoms. The fourth-order valence-corrected chi connectivity index (χ4v) is 3.24. The smallest absolute Gasteiger partial charge is 0.130 e. The van der Waals surface area contributed by atoms with E-state index in [1.807, 2.05) is 12.1 Å². The molecule has 0 aromatic heterocycles. The number of amidine groups is 1. The van der Waals surface area contributed by atoms with Gasteiger partial charge in [-0.2, -0.15) is 0 Å². The van der Waals surface area contributed by atoms with Crippen molar-refractivity contribution in [3.63, 3.8) is 0 Å². The van der Waals surface area contributed by atoms with Crippen LogP contribution in [0.1, 0.15) is 50.2 Å². The molecule has 0 spiro atoms. The highest BCUT2D eigenvalue weighted by atomic mass is 16.5. The van der Waals surface area contributed by atoms with Gasteiger partial charge in [0.25, 0.3) is 0 Å². The molecule has 4 heteroatoms. The SMILES string of the molecule is CCN(Cc1ccc(C(=N)N)c(OC)c1)C1CCCCC1. The molecule has 1 aliphatic carbocycles. The lowest BCUT2D eigenvalue weighted by atomic mass is 9.94. The van der Waals surface area contributed by atoms with Crippen LogP contribution >= 0.6 is 0 Å². The molecule has 21 heavy (non-hydrogen) atoms. The van der Waals surface area contributed by atoms with E-state index < -0.39 is 0 Å². The van der Waals surface area contributed by atoms with Gasteiger partial charge in [0.2, 0.25) is 0 Å². The van der Waals surface area contributed by atoms with Crippen LogP contribution in [0.5, 0.6) is 5.75 Å². The highest BCUT2D eigenvalue weighted by Gasteiger charge is 2.20. The fourth-order valence-electron chi connectivity index (χ4n) is 3.24. The molecule has 1 aromatic carbocycles. The zero-order valence-electron chi connectivity index (χ0n) is 13.2. The average Bonchev–Trinajstić information content (AvgIpc) is 2.53. The monoisotopic (exact) mass is 289 g/mol. The third kappa shape index (κ3) is 3.97. The first-order chi connectivity index (χ1) is 10.2. The molecule has 0 unspecified atom stereocenters. The second-order valence-corrected chi connectivity index (χ2v) is 5.80. The minimum Gasteiger partial charge on any atom is -0.496 e. The predicted octanol–water partition coefficient (Wildman–Crippen LogP) is 3.13. The van der Waals surface area contributed by atoms with Crippen LogP contribution in [0.2, 0.25) is 0 Å². The van der Waals surface area contributed by atoms with Crippen molar-refractivity contribution in [3.8, 4) is 5.75 Å². The van der Waals surface area contributed by atoms with Crippen molar-refractivity contribution in [2.24, 2.45) is 5.73 Å². The topological polar surface area (TPSA) is 62.3 Å². The summed E-state index contributed by atoms with van der Waals surface area (Å²) in [4.78, 5) is 2.56. The molecule has 3 N–H and O–H groups in total. The van der Waals surface area contributed by atoms with Gasteiger partial charge in [-0.1, -0.05) is 32.3 Å². The number of rotatable bonds is 6. The van der Waals surface area contributed by atoms with E-state index in [2.05, 4.69) is 17.9 Å². The minimum absolute atomic E-state index is 0.0537. The molecule has 2 rings (SSSR count). The minimum atomic E-state index is 0.0537. The molecule has 1 fully saturated rings. The quantitative estimate of drug-likeness (QED) is 0.624. The van der Waals surface area contributed by atoms with Crippen molar-refractivity contribution in [2.45, 2.75) is 51.6 Å². The van der Waals surface area contributed by atoms with Crippen LogP contribution < -0.4 is 10.5 Å². The Labute approximate surface area is 127 Å². The zero-order valence-corrected chi connectivity index (χ0v) is 13.2. The van der Waals surface area contributed by atoms with Gasteiger partial charge in [0.15, 0.2) is 0 Å². The third-order valence-electron chi connectivity index (χ3n) is 4.44. The van der Waals surface area contributed by atoms with Crippen LogP contribution in [0.3, 0.4) is 0 Å². The Bertz CT molecular complexity index is 481. The molecule has 0 saturated heterocycles. The number of hydrogen-bond donors (Lipinski definition) is 2. The standard InChI is InChI=1S/C17H27N3O/c1-3-20(14-7-5-4-6-8-14)12-13-9-10-15(17(18)19)16(11-13)21-2/h9-11,14H,3-8,12H2,1-2H3,(H3,18,19). The molecule has 0 aliphatic heterocycles. The van der Waals surface area contributed by atoms with Crippen molar-refractivity contribution >= 4 is 5.84 Å². The molecule has 0 atom stereocenters. The maximum absolute atomic E-state index is 7.58. The van der Waals surface area contributed by atoms with Gasteiger partial charge in [0, 0.05) is 12.6 Å². The summed E-state index contributed by atoms with van der Waals surface area (Å²) >= 11 is 0. The largest absolute Gasteiger partial charge is 0.496 e. The van der Waals surface area contributed by atoms with E-state index in [9.17, 15) is 0 Å². The molecule has 0 amide bonds. The molecule has 0 heterocycles. The Morgan fingerprint density at radius 1 is 1.33 bits per heavy atom. The Kier molecular flexibility index (Phi) is 5.62. The summed E-state index contributed by atoms with van der Waals surface area (Å²) in [6.45, 7) is 4.24. The summed E-state index contributed by atoms with van der Waals surface area (Å²) in [5, 5.41) is 7.58. The highest BCUT2D eigenvalue weighted by molar-refractivity contribution is 5.97. The first-order valence-corrected chi connectivity index (χ1v) is 7.91. The number of nitrogens with two attached hydrogens (primary N) is 1. The van der Waals surface area contributed by atoms with E-state index in [1.165, 1.54) is 37.7 Å². The second-order valence-electron chi connectivity index (χ2n) is 5.80. The highest BCUT2D eigenvalue weighted by Crippen LogP contribution is 2.25. The van der Waals surface area contributed by atoms with E-state index >= 15 is 0 Å². The van der Waals surface area contributed by atoms with Crippen LogP contribution in [0.4, 0.5) is 0 Å². The molecular formula is C17H27N3O. The molecule has 0 radical (unpaired) electrons. The summed E-state index contributed by atoms with van der Waals surface area (Å²) in [6, 6.07) is 6.68. The summed E-state index contributed by atoms with van der Waals surface area (Å²) in [5.41, 5.74) is 7.47. The van der Waals surface area contributed by atoms with Gasteiger partial charge in [-0.3, -0.25) is 10.3 Å². The van der Waals surface area contributed by atoms with Crippen LogP contribution in [0.25, 0.3) is 0 Å². The molecule has 1 aliphatic rings. The number of nitrogens with one attached hydrogen (secondary N) is 1. The van der Waals surface area contributed by atoms with E-state index in [0.29, 0.717) is 17.4 Å². The lowest BCUT2D eigenvalue weighted by Gasteiger charge is -2.33. The van der Waals surface area contributed by atoms with Crippen molar-refractivity contribution in [3.05, 3.63) is 29.3 Å². The molecule has 116 valence electrons. The second kappa shape index (κ2) is 7.46. The summed E-state index contributed by atoms with van der Waals surface area (Å²) in [6.07, 6.45) is 6.73. The van der Waals surface area contributed by atoms with E-state index in [1.54, 1.807) is 7.11 Å². The van der Waals surface area contributed by atoms with Gasteiger partial charge in [0.05, 0.1) is 12.7 Å². The van der Waals surface area contributed by atoms with Gasteiger partial charge in [0.1, 0.15) is 11.6 Å². The van der Waals surface area contributed by atoms with Crippen molar-refractivity contribution in [2.75, 3.05) is 13.7 Å². The van der Waals surface area contributed by atoms with Crippen LogP contribution in [-0.4, -0.2) is 30.4 Å². The molecular weight excluding hydrogens is 262 g/mol. The Balaban J connectivity index is 2.11. The van der Waals surface area contributed by atoms with Crippen LogP contribution in [0, 0.1) is 5.41 Å². The van der Waals surface area contributed by atoms with Gasteiger partial charge < -0.3 is 10.5 Å². The molecule has 1 saturated carbocycles. The average molecular weight is 289 g/mol. The number of ether oxygens (including phenoxy) is 1. The van der Waals surface area contributed by atoms with E-state index in [4.69, 9.17) is 15.9 Å². The number of benzene rings is 1. The van der Waals surface area contributed by atoms with Crippen molar-refractivity contribution in [1.29, 1.82) is 5.41 Å². The number of nitrogens with zero attached hydrogens (tertiary/aromatic N) is 1. The first kappa shape index (κ1) is 15.8. The zero-order chi connectivity index (χ0) is 15.2. The normalized spacial score (nSPS) is 16.1. The van der Waals surface area contributed by atoms with Crippen molar-refractivity contribution < 1.29 is 4.74 Å². The van der Waals surface area contributed by atoms with Crippen LogP contribution in [0.15, 0.2) is 18.2 Å². The number of nitrogen functional groups attached to an aromatic ring is 1. The fraction of sp³-hybridized carbons (Fsp3) is 0.588. The van der Waals surface area contributed by atoms with Gasteiger partial charge in [-0.15, -0.1) is 0 Å². The Morgan fingerprint density at radius 2 is 2.05 bits per heavy atom. The number of methoxy groups -OCH3 is 1. The maximum atomic E-state index is 7.58. The first-order valence-electron chi connectivity index (χ1n) is 7.91. The molecule has 4 nitrogen and oxygen atoms in total. The predicted molar refractivity (Wildman–Crippen MR) is 87.0 cm³/mol. The lowest BCUT2D eigenvalue weighted by Crippen LogP contribution is -2.36. The molecule has 1 aromatic rings. The van der Waals surface area contributed by atoms with E-state index in [-0.39, 0.29) is 5.84 Å². The van der Waals surface area contributed by atoms with Crippen molar-refractivity contribution in [1.82, 2.24) is 4.90 Å². The Morgan fingerprint density at radius 3 is 2.62 bits per heavy atom. The van der Waals surface area contributed by atoms with Gasteiger partial charge >= 0.3 is 0 Å². The Hall–Kier alpha value is -1.55. The lowest BCUT2D eigenvalue weighted by molar-refractivity contribution is 0.156. The number of hydrogen-bond acceptors (Lipinski definition) is 3.